The number of carbonyl (C=O) groups is 2. The third-order valence-electron chi connectivity index (χ3n) is 4.11. The van der Waals surface area contributed by atoms with Gasteiger partial charge < -0.3 is 5.32 Å². The molecular formula is C22H18BrNO2. The first kappa shape index (κ1) is 18.1. The second-order valence-electron chi connectivity index (χ2n) is 5.91. The van der Waals surface area contributed by atoms with Crippen molar-refractivity contribution in [2.24, 2.45) is 0 Å². The summed E-state index contributed by atoms with van der Waals surface area (Å²) in [5.41, 5.74) is 2.08. The van der Waals surface area contributed by atoms with Gasteiger partial charge in [0, 0.05) is 22.0 Å². The van der Waals surface area contributed by atoms with Crippen LogP contribution in [0.3, 0.4) is 0 Å². The van der Waals surface area contributed by atoms with Crippen LogP contribution in [0, 0.1) is 0 Å². The molecule has 1 unspecified atom stereocenters. The molecule has 1 amide bonds. The lowest BCUT2D eigenvalue weighted by Crippen LogP contribution is -2.30. The van der Waals surface area contributed by atoms with Gasteiger partial charge in [-0.2, -0.15) is 0 Å². The van der Waals surface area contributed by atoms with E-state index in [4.69, 9.17) is 0 Å². The first-order chi connectivity index (χ1) is 12.6. The Morgan fingerprint density at radius 3 is 1.92 bits per heavy atom. The Bertz CT molecular complexity index is 841. The summed E-state index contributed by atoms with van der Waals surface area (Å²) in [5.74, 6) is -0.216. The summed E-state index contributed by atoms with van der Waals surface area (Å²) < 4.78 is 0.860. The molecule has 0 bridgehead atoms. The molecule has 0 heterocycles. The van der Waals surface area contributed by atoms with Gasteiger partial charge in [-0.15, -0.1) is 0 Å². The van der Waals surface area contributed by atoms with E-state index in [-0.39, 0.29) is 18.1 Å². The number of rotatable bonds is 6. The van der Waals surface area contributed by atoms with E-state index in [9.17, 15) is 9.59 Å². The molecule has 3 aromatic rings. The Morgan fingerprint density at radius 1 is 0.769 bits per heavy atom. The van der Waals surface area contributed by atoms with Crippen molar-refractivity contribution in [2.45, 2.75) is 12.5 Å². The molecule has 0 saturated heterocycles. The highest BCUT2D eigenvalue weighted by atomic mass is 79.9. The van der Waals surface area contributed by atoms with Crippen LogP contribution in [0.4, 0.5) is 0 Å². The molecule has 3 nitrogen and oxygen atoms in total. The number of hydrogen-bond donors (Lipinski definition) is 1. The highest BCUT2D eigenvalue weighted by Crippen LogP contribution is 2.27. The van der Waals surface area contributed by atoms with Gasteiger partial charge in [0.1, 0.15) is 0 Å². The summed E-state index contributed by atoms with van der Waals surface area (Å²) in [6, 6.07) is 25.3. The Morgan fingerprint density at radius 2 is 1.31 bits per heavy atom. The molecule has 0 spiro atoms. The number of ketones is 1. The third-order valence-corrected chi connectivity index (χ3v) is 4.83. The van der Waals surface area contributed by atoms with Crippen LogP contribution in [0.2, 0.25) is 0 Å². The normalized spacial score (nSPS) is 11.6. The monoisotopic (exact) mass is 407 g/mol. The number of halogens is 1. The molecule has 0 saturated carbocycles. The van der Waals surface area contributed by atoms with Crippen LogP contribution in [-0.2, 0) is 0 Å². The van der Waals surface area contributed by atoms with Gasteiger partial charge in [0.05, 0.1) is 6.04 Å². The van der Waals surface area contributed by atoms with E-state index in [1.54, 1.807) is 24.3 Å². The van der Waals surface area contributed by atoms with Gasteiger partial charge in [-0.3, -0.25) is 9.59 Å². The Balaban J connectivity index is 1.86. The SMILES string of the molecule is O=C(CC(NC(=O)c1ccccc1)c1ccccc1Br)c1ccccc1. The first-order valence-corrected chi connectivity index (χ1v) is 9.13. The van der Waals surface area contributed by atoms with Gasteiger partial charge in [0.15, 0.2) is 5.78 Å². The molecule has 0 aromatic heterocycles. The molecule has 0 aliphatic heterocycles. The maximum Gasteiger partial charge on any atom is 0.251 e. The molecule has 4 heteroatoms. The average molecular weight is 408 g/mol. The maximum absolute atomic E-state index is 12.7. The summed E-state index contributed by atoms with van der Waals surface area (Å²) in [6.07, 6.45) is 0.186. The van der Waals surface area contributed by atoms with Gasteiger partial charge in [-0.05, 0) is 23.8 Å². The standard InChI is InChI=1S/C22H18BrNO2/c23-19-14-8-7-13-18(19)20(15-21(25)16-9-3-1-4-10-16)24-22(26)17-11-5-2-6-12-17/h1-14,20H,15H2,(H,24,26). The fourth-order valence-electron chi connectivity index (χ4n) is 2.75. The molecule has 0 radical (unpaired) electrons. The van der Waals surface area contributed by atoms with Crippen molar-refractivity contribution >= 4 is 27.6 Å². The Kier molecular flexibility index (Phi) is 5.97. The Labute approximate surface area is 161 Å². The second-order valence-corrected chi connectivity index (χ2v) is 6.76. The molecule has 130 valence electrons. The minimum absolute atomic E-state index is 0.0142. The number of hydrogen-bond acceptors (Lipinski definition) is 2. The molecule has 1 atom stereocenters. The summed E-state index contributed by atoms with van der Waals surface area (Å²) in [4.78, 5) is 25.3. The molecule has 3 rings (SSSR count). The minimum atomic E-state index is -0.425. The fraction of sp³-hybridized carbons (Fsp3) is 0.0909. The van der Waals surface area contributed by atoms with E-state index in [2.05, 4.69) is 21.2 Å². The molecule has 0 aliphatic rings. The van der Waals surface area contributed by atoms with Crippen molar-refractivity contribution in [2.75, 3.05) is 0 Å². The summed E-state index contributed by atoms with van der Waals surface area (Å²) in [7, 11) is 0. The van der Waals surface area contributed by atoms with E-state index in [1.807, 2.05) is 60.7 Å². The number of Topliss-reactive ketones (excluding diaryl/α,β-unsaturated/α-hetero) is 1. The number of nitrogens with one attached hydrogen (secondary N) is 1. The number of amides is 1. The van der Waals surface area contributed by atoms with Crippen molar-refractivity contribution < 1.29 is 9.59 Å². The summed E-state index contributed by atoms with van der Waals surface area (Å²) in [5, 5.41) is 3.00. The van der Waals surface area contributed by atoms with E-state index >= 15 is 0 Å². The summed E-state index contributed by atoms with van der Waals surface area (Å²) >= 11 is 3.53. The van der Waals surface area contributed by atoms with Crippen LogP contribution in [0.5, 0.6) is 0 Å². The highest BCUT2D eigenvalue weighted by Gasteiger charge is 2.21. The first-order valence-electron chi connectivity index (χ1n) is 8.34. The van der Waals surface area contributed by atoms with Crippen LogP contribution in [-0.4, -0.2) is 11.7 Å². The zero-order valence-corrected chi connectivity index (χ0v) is 15.6. The molecule has 0 fully saturated rings. The lowest BCUT2D eigenvalue weighted by molar-refractivity contribution is 0.0912. The Hall–Kier alpha value is -2.72. The summed E-state index contributed by atoms with van der Waals surface area (Å²) in [6.45, 7) is 0. The van der Waals surface area contributed by atoms with Crippen molar-refractivity contribution in [3.63, 3.8) is 0 Å². The second kappa shape index (κ2) is 8.59. The zero-order valence-electron chi connectivity index (χ0n) is 14.1. The third kappa shape index (κ3) is 4.46. The molecule has 26 heavy (non-hydrogen) atoms. The minimum Gasteiger partial charge on any atom is -0.345 e. The number of carbonyl (C=O) groups excluding carboxylic acids is 2. The quantitative estimate of drug-likeness (QED) is 0.571. The van der Waals surface area contributed by atoms with Gasteiger partial charge in [0.25, 0.3) is 5.91 Å². The van der Waals surface area contributed by atoms with E-state index in [0.29, 0.717) is 11.1 Å². The van der Waals surface area contributed by atoms with Crippen LogP contribution in [0.25, 0.3) is 0 Å². The van der Waals surface area contributed by atoms with Gasteiger partial charge in [-0.25, -0.2) is 0 Å². The van der Waals surface area contributed by atoms with Crippen LogP contribution in [0.1, 0.15) is 38.7 Å². The number of benzene rings is 3. The fourth-order valence-corrected chi connectivity index (χ4v) is 3.32. The van der Waals surface area contributed by atoms with Crippen molar-refractivity contribution in [1.29, 1.82) is 0 Å². The molecule has 0 aliphatic carbocycles. The predicted molar refractivity (Wildman–Crippen MR) is 106 cm³/mol. The highest BCUT2D eigenvalue weighted by molar-refractivity contribution is 9.10. The predicted octanol–water partition coefficient (Wildman–Crippen LogP) is 5.19. The average Bonchev–Trinajstić information content (AvgIpc) is 2.69. The van der Waals surface area contributed by atoms with Gasteiger partial charge in [0.2, 0.25) is 0 Å². The lowest BCUT2D eigenvalue weighted by atomic mass is 9.97. The van der Waals surface area contributed by atoms with Crippen molar-refractivity contribution in [3.05, 3.63) is 106 Å². The molecule has 3 aromatic carbocycles. The lowest BCUT2D eigenvalue weighted by Gasteiger charge is -2.20. The largest absolute Gasteiger partial charge is 0.345 e. The van der Waals surface area contributed by atoms with Crippen LogP contribution in [0.15, 0.2) is 89.4 Å². The van der Waals surface area contributed by atoms with Gasteiger partial charge in [-0.1, -0.05) is 82.7 Å². The smallest absolute Gasteiger partial charge is 0.251 e. The van der Waals surface area contributed by atoms with Crippen molar-refractivity contribution in [1.82, 2.24) is 5.32 Å². The molecule has 1 N–H and O–H groups in total. The van der Waals surface area contributed by atoms with E-state index < -0.39 is 6.04 Å². The topological polar surface area (TPSA) is 46.2 Å². The molecular weight excluding hydrogens is 390 g/mol. The maximum atomic E-state index is 12.7. The van der Waals surface area contributed by atoms with Crippen molar-refractivity contribution in [3.8, 4) is 0 Å². The van der Waals surface area contributed by atoms with E-state index in [0.717, 1.165) is 10.0 Å². The van der Waals surface area contributed by atoms with E-state index in [1.165, 1.54) is 0 Å². The van der Waals surface area contributed by atoms with Crippen LogP contribution < -0.4 is 5.32 Å². The zero-order chi connectivity index (χ0) is 18.4. The van der Waals surface area contributed by atoms with Crippen LogP contribution >= 0.6 is 15.9 Å². The van der Waals surface area contributed by atoms with Gasteiger partial charge >= 0.3 is 0 Å².